The van der Waals surface area contributed by atoms with Gasteiger partial charge in [0.1, 0.15) is 11.4 Å². The summed E-state index contributed by atoms with van der Waals surface area (Å²) in [6, 6.07) is 5.62. The highest BCUT2D eigenvalue weighted by molar-refractivity contribution is 6.42. The maximum Gasteiger partial charge on any atom is 0.410 e. The van der Waals surface area contributed by atoms with Gasteiger partial charge in [0.05, 0.1) is 15.5 Å². The van der Waals surface area contributed by atoms with Crippen LogP contribution in [0.4, 0.5) is 4.79 Å². The summed E-state index contributed by atoms with van der Waals surface area (Å²) in [4.78, 5) is 27.1. The van der Waals surface area contributed by atoms with Crippen LogP contribution in [0, 0.1) is 5.41 Å². The third-order valence-corrected chi connectivity index (χ3v) is 6.38. The molecule has 1 amide bonds. The Balaban J connectivity index is 1.90. The van der Waals surface area contributed by atoms with Gasteiger partial charge in [-0.15, -0.1) is 0 Å². The van der Waals surface area contributed by atoms with E-state index in [9.17, 15) is 9.59 Å². The molecule has 4 nitrogen and oxygen atoms in total. The summed E-state index contributed by atoms with van der Waals surface area (Å²) in [6.07, 6.45) is 1.56. The Bertz CT molecular complexity index is 758. The van der Waals surface area contributed by atoms with Crippen molar-refractivity contribution in [1.29, 1.82) is 0 Å². The first kappa shape index (κ1) is 19.5. The lowest BCUT2D eigenvalue weighted by atomic mass is 9.77. The number of likely N-dealkylation sites (tertiary alicyclic amines) is 1. The van der Waals surface area contributed by atoms with Crippen LogP contribution in [0.5, 0.6) is 0 Å². The van der Waals surface area contributed by atoms with Gasteiger partial charge >= 0.3 is 6.09 Å². The number of nitrogens with zero attached hydrogens (tertiary/aromatic N) is 1. The van der Waals surface area contributed by atoms with Crippen molar-refractivity contribution in [2.45, 2.75) is 58.0 Å². The maximum atomic E-state index is 12.9. The van der Waals surface area contributed by atoms with E-state index in [0.717, 1.165) is 18.4 Å². The second kappa shape index (κ2) is 6.42. The molecule has 0 radical (unpaired) electrons. The van der Waals surface area contributed by atoms with Crippen molar-refractivity contribution < 1.29 is 14.3 Å². The molecule has 2 atom stereocenters. The predicted molar refractivity (Wildman–Crippen MR) is 103 cm³/mol. The summed E-state index contributed by atoms with van der Waals surface area (Å²) in [6.45, 7) is 8.38. The zero-order chi connectivity index (χ0) is 19.3. The molecular formula is C20H25Cl2NO3. The Hall–Kier alpha value is -1.26. The summed E-state index contributed by atoms with van der Waals surface area (Å²) < 4.78 is 5.51. The highest BCUT2D eigenvalue weighted by Crippen LogP contribution is 2.69. The van der Waals surface area contributed by atoms with E-state index in [1.54, 1.807) is 11.0 Å². The van der Waals surface area contributed by atoms with Gasteiger partial charge in [0.2, 0.25) is 0 Å². The lowest BCUT2D eigenvalue weighted by Gasteiger charge is -2.38. The van der Waals surface area contributed by atoms with Gasteiger partial charge in [-0.25, -0.2) is 4.79 Å². The monoisotopic (exact) mass is 397 g/mol. The van der Waals surface area contributed by atoms with Crippen molar-refractivity contribution in [2.75, 3.05) is 13.1 Å². The van der Waals surface area contributed by atoms with Crippen LogP contribution in [-0.4, -0.2) is 35.5 Å². The molecule has 6 heteroatoms. The van der Waals surface area contributed by atoms with Crippen LogP contribution in [0.1, 0.15) is 52.5 Å². The lowest BCUT2D eigenvalue weighted by molar-refractivity contribution is -0.126. The van der Waals surface area contributed by atoms with E-state index in [1.165, 1.54) is 0 Å². The molecule has 1 aliphatic carbocycles. The molecule has 0 aromatic heterocycles. The standard InChI is InChI=1S/C20H25Cl2NO3/c1-5-16(24)20-11-19(20,13-6-7-14(21)15(22)10-13)8-9-23(12-20)17(25)26-18(2,3)4/h6-7,10H,5,8-9,11-12H2,1-4H3. The molecule has 1 heterocycles. The van der Waals surface area contributed by atoms with E-state index in [0.29, 0.717) is 29.6 Å². The Labute approximate surface area is 164 Å². The molecule has 1 aliphatic heterocycles. The van der Waals surface area contributed by atoms with Gasteiger partial charge in [0.25, 0.3) is 0 Å². The number of benzene rings is 1. The quantitative estimate of drug-likeness (QED) is 0.700. The molecule has 0 N–H and O–H groups in total. The molecular weight excluding hydrogens is 373 g/mol. The highest BCUT2D eigenvalue weighted by atomic mass is 35.5. The van der Waals surface area contributed by atoms with Crippen LogP contribution in [-0.2, 0) is 14.9 Å². The minimum atomic E-state index is -0.555. The Kier molecular flexibility index (Phi) is 4.81. The number of hydrogen-bond donors (Lipinski definition) is 0. The molecule has 2 fully saturated rings. The van der Waals surface area contributed by atoms with Crippen molar-refractivity contribution in [3.05, 3.63) is 33.8 Å². The minimum absolute atomic E-state index is 0.192. The van der Waals surface area contributed by atoms with E-state index in [1.807, 2.05) is 39.8 Å². The fourth-order valence-corrected chi connectivity index (χ4v) is 4.63. The highest BCUT2D eigenvalue weighted by Gasteiger charge is 2.73. The molecule has 2 aliphatic rings. The molecule has 1 saturated carbocycles. The topological polar surface area (TPSA) is 46.6 Å². The molecule has 1 saturated heterocycles. The first-order chi connectivity index (χ1) is 12.0. The van der Waals surface area contributed by atoms with Crippen LogP contribution in [0.25, 0.3) is 0 Å². The molecule has 3 rings (SSSR count). The van der Waals surface area contributed by atoms with Gasteiger partial charge in [0, 0.05) is 24.9 Å². The third kappa shape index (κ3) is 3.11. The number of ketones is 1. The number of hydrogen-bond acceptors (Lipinski definition) is 3. The maximum absolute atomic E-state index is 12.9. The molecule has 26 heavy (non-hydrogen) atoms. The van der Waals surface area contributed by atoms with Gasteiger partial charge < -0.3 is 9.64 Å². The molecule has 1 aromatic rings. The number of Topliss-reactive ketones (excluding diaryl/α,β-unsaturated/α-hetero) is 1. The summed E-state index contributed by atoms with van der Waals surface area (Å²) in [5, 5.41) is 1.00. The van der Waals surface area contributed by atoms with Gasteiger partial charge in [-0.05, 0) is 51.3 Å². The van der Waals surface area contributed by atoms with Crippen LogP contribution in [0.3, 0.4) is 0 Å². The zero-order valence-electron chi connectivity index (χ0n) is 15.7. The molecule has 1 aromatic carbocycles. The first-order valence-electron chi connectivity index (χ1n) is 9.01. The van der Waals surface area contributed by atoms with Crippen LogP contribution >= 0.6 is 23.2 Å². The third-order valence-electron chi connectivity index (χ3n) is 5.64. The van der Waals surface area contributed by atoms with Gasteiger partial charge in [0.15, 0.2) is 0 Å². The first-order valence-corrected chi connectivity index (χ1v) is 9.77. The number of rotatable bonds is 3. The number of ether oxygens (including phenoxy) is 1. The average molecular weight is 398 g/mol. The largest absolute Gasteiger partial charge is 0.444 e. The Morgan fingerprint density at radius 1 is 1.23 bits per heavy atom. The fourth-order valence-electron chi connectivity index (χ4n) is 4.33. The van der Waals surface area contributed by atoms with E-state index < -0.39 is 11.0 Å². The van der Waals surface area contributed by atoms with Crippen molar-refractivity contribution in [1.82, 2.24) is 4.90 Å². The van der Waals surface area contributed by atoms with Gasteiger partial charge in [-0.2, -0.15) is 0 Å². The zero-order valence-corrected chi connectivity index (χ0v) is 17.2. The molecule has 142 valence electrons. The van der Waals surface area contributed by atoms with Crippen molar-refractivity contribution in [3.8, 4) is 0 Å². The number of fused-ring (bicyclic) bond motifs is 1. The minimum Gasteiger partial charge on any atom is -0.444 e. The summed E-state index contributed by atoms with van der Waals surface area (Å²) in [5.74, 6) is 0.192. The number of amides is 1. The number of carbonyl (C=O) groups is 2. The van der Waals surface area contributed by atoms with Crippen molar-refractivity contribution in [3.63, 3.8) is 0 Å². The Morgan fingerprint density at radius 2 is 1.92 bits per heavy atom. The second-order valence-electron chi connectivity index (χ2n) is 8.40. The lowest BCUT2D eigenvalue weighted by Crippen LogP contribution is -2.49. The SMILES string of the molecule is CCC(=O)C12CN(C(=O)OC(C)(C)C)CCC1(c1ccc(Cl)c(Cl)c1)C2. The predicted octanol–water partition coefficient (Wildman–Crippen LogP) is 5.24. The second-order valence-corrected chi connectivity index (χ2v) is 9.21. The van der Waals surface area contributed by atoms with Gasteiger partial charge in [-0.1, -0.05) is 36.2 Å². The van der Waals surface area contributed by atoms with Crippen LogP contribution in [0.2, 0.25) is 10.0 Å². The molecule has 2 unspecified atom stereocenters. The van der Waals surface area contributed by atoms with Crippen molar-refractivity contribution >= 4 is 35.1 Å². The number of piperidine rings is 1. The molecule has 0 spiro atoms. The average Bonchev–Trinajstić information content (AvgIpc) is 3.26. The van der Waals surface area contributed by atoms with Crippen LogP contribution < -0.4 is 0 Å². The normalized spacial score (nSPS) is 27.7. The Morgan fingerprint density at radius 3 is 2.50 bits per heavy atom. The van der Waals surface area contributed by atoms with E-state index in [-0.39, 0.29) is 17.3 Å². The van der Waals surface area contributed by atoms with E-state index in [2.05, 4.69) is 0 Å². The summed E-state index contributed by atoms with van der Waals surface area (Å²) in [5.41, 5.74) is -0.320. The number of carbonyl (C=O) groups excluding carboxylic acids is 2. The van der Waals surface area contributed by atoms with E-state index >= 15 is 0 Å². The summed E-state index contributed by atoms with van der Waals surface area (Å²) in [7, 11) is 0. The van der Waals surface area contributed by atoms with Crippen molar-refractivity contribution in [2.24, 2.45) is 5.41 Å². The van der Waals surface area contributed by atoms with Gasteiger partial charge in [-0.3, -0.25) is 4.79 Å². The van der Waals surface area contributed by atoms with E-state index in [4.69, 9.17) is 27.9 Å². The number of halogens is 2. The fraction of sp³-hybridized carbons (Fsp3) is 0.600. The smallest absolute Gasteiger partial charge is 0.410 e. The molecule has 0 bridgehead atoms. The summed E-state index contributed by atoms with van der Waals surface area (Å²) >= 11 is 12.3. The van der Waals surface area contributed by atoms with Crippen LogP contribution in [0.15, 0.2) is 18.2 Å².